The van der Waals surface area contributed by atoms with Crippen molar-refractivity contribution in [3.8, 4) is 0 Å². The van der Waals surface area contributed by atoms with Crippen molar-refractivity contribution in [3.63, 3.8) is 0 Å². The van der Waals surface area contributed by atoms with Crippen LogP contribution in [0.5, 0.6) is 0 Å². The number of hydrogen-bond donors (Lipinski definition) is 2. The Kier molecular flexibility index (Phi) is 3.80. The number of carbonyl (C=O) groups excluding carboxylic acids is 1. The second-order valence-corrected chi connectivity index (χ2v) is 4.50. The Bertz CT molecular complexity index is 517. The van der Waals surface area contributed by atoms with Crippen LogP contribution < -0.4 is 5.32 Å². The minimum atomic E-state index is -1.09. The highest BCUT2D eigenvalue weighted by Gasteiger charge is 2.34. The number of carbonyl (C=O) groups is 2. The van der Waals surface area contributed by atoms with E-state index >= 15 is 0 Å². The first-order chi connectivity index (χ1) is 8.97. The van der Waals surface area contributed by atoms with Crippen LogP contribution in [0.3, 0.4) is 0 Å². The number of halogens is 1. The standard InChI is InChI=1S/C13H14FNO4/c1-7-2-3-9(8(14)6-7)15-12(16)10-4-5-11(19-10)13(17)18/h2-3,6,10-11H,4-5H2,1H3,(H,15,16)(H,17,18)/t10-,11+/m0/s1. The number of carboxylic acids is 1. The smallest absolute Gasteiger partial charge is 0.332 e. The van der Waals surface area contributed by atoms with E-state index in [9.17, 15) is 14.0 Å². The molecule has 19 heavy (non-hydrogen) atoms. The summed E-state index contributed by atoms with van der Waals surface area (Å²) in [6.07, 6.45) is -1.21. The van der Waals surface area contributed by atoms with Gasteiger partial charge in [0.15, 0.2) is 6.10 Å². The number of aryl methyl sites for hydroxylation is 1. The van der Waals surface area contributed by atoms with Crippen LogP contribution in [-0.2, 0) is 14.3 Å². The third kappa shape index (κ3) is 3.08. The third-order valence-electron chi connectivity index (χ3n) is 2.97. The van der Waals surface area contributed by atoms with Crippen LogP contribution in [-0.4, -0.2) is 29.2 Å². The highest BCUT2D eigenvalue weighted by atomic mass is 19.1. The van der Waals surface area contributed by atoms with E-state index in [2.05, 4.69) is 5.32 Å². The van der Waals surface area contributed by atoms with Crippen molar-refractivity contribution >= 4 is 17.6 Å². The number of carboxylic acid groups (broad SMARTS) is 1. The molecule has 5 nitrogen and oxygen atoms in total. The van der Waals surface area contributed by atoms with Crippen LogP contribution in [0.4, 0.5) is 10.1 Å². The molecule has 0 aliphatic carbocycles. The van der Waals surface area contributed by atoms with Crippen molar-refractivity contribution in [2.45, 2.75) is 32.0 Å². The van der Waals surface area contributed by atoms with Gasteiger partial charge in [-0.3, -0.25) is 4.79 Å². The Balaban J connectivity index is 2.00. The lowest BCUT2D eigenvalue weighted by atomic mass is 10.1. The lowest BCUT2D eigenvalue weighted by Crippen LogP contribution is -2.30. The first kappa shape index (κ1) is 13.5. The molecule has 1 saturated heterocycles. The van der Waals surface area contributed by atoms with Gasteiger partial charge in [0.1, 0.15) is 11.9 Å². The predicted octanol–water partition coefficient (Wildman–Crippen LogP) is 1.70. The van der Waals surface area contributed by atoms with Gasteiger partial charge in [0, 0.05) is 0 Å². The molecule has 1 amide bonds. The summed E-state index contributed by atoms with van der Waals surface area (Å²) >= 11 is 0. The molecule has 0 bridgehead atoms. The Morgan fingerprint density at radius 2 is 2.05 bits per heavy atom. The average molecular weight is 267 g/mol. The molecule has 1 heterocycles. The number of amides is 1. The van der Waals surface area contributed by atoms with Gasteiger partial charge in [-0.1, -0.05) is 6.07 Å². The number of ether oxygens (including phenoxy) is 1. The molecule has 0 aromatic heterocycles. The summed E-state index contributed by atoms with van der Waals surface area (Å²) in [7, 11) is 0. The maximum atomic E-state index is 13.6. The van der Waals surface area contributed by atoms with E-state index in [0.29, 0.717) is 6.42 Å². The molecule has 102 valence electrons. The van der Waals surface area contributed by atoms with E-state index in [1.165, 1.54) is 12.1 Å². The Morgan fingerprint density at radius 1 is 1.37 bits per heavy atom. The molecule has 0 saturated carbocycles. The summed E-state index contributed by atoms with van der Waals surface area (Å²) in [5.74, 6) is -2.13. The molecule has 1 fully saturated rings. The SMILES string of the molecule is Cc1ccc(NC(=O)[C@@H]2CC[C@H](C(=O)O)O2)c(F)c1. The summed E-state index contributed by atoms with van der Waals surface area (Å²) in [5, 5.41) is 11.2. The molecular formula is C13H14FNO4. The van der Waals surface area contributed by atoms with E-state index in [-0.39, 0.29) is 12.1 Å². The molecule has 0 unspecified atom stereocenters. The topological polar surface area (TPSA) is 75.6 Å². The lowest BCUT2D eigenvalue weighted by Gasteiger charge is -2.12. The number of anilines is 1. The van der Waals surface area contributed by atoms with Gasteiger partial charge in [0.05, 0.1) is 5.69 Å². The summed E-state index contributed by atoms with van der Waals surface area (Å²) in [4.78, 5) is 22.5. The van der Waals surface area contributed by atoms with E-state index in [0.717, 1.165) is 5.56 Å². The van der Waals surface area contributed by atoms with Gasteiger partial charge in [-0.05, 0) is 37.5 Å². The summed E-state index contributed by atoms with van der Waals surface area (Å²) in [5.41, 5.74) is 0.816. The van der Waals surface area contributed by atoms with Crippen molar-refractivity contribution < 1.29 is 23.8 Å². The molecule has 1 aliphatic heterocycles. The van der Waals surface area contributed by atoms with Crippen LogP contribution in [0.25, 0.3) is 0 Å². The largest absolute Gasteiger partial charge is 0.479 e. The molecule has 1 aromatic rings. The van der Waals surface area contributed by atoms with E-state index < -0.39 is 29.9 Å². The van der Waals surface area contributed by atoms with Crippen LogP contribution in [0.1, 0.15) is 18.4 Å². The fourth-order valence-corrected chi connectivity index (χ4v) is 1.95. The molecule has 0 radical (unpaired) electrons. The monoisotopic (exact) mass is 267 g/mol. The fourth-order valence-electron chi connectivity index (χ4n) is 1.95. The highest BCUT2D eigenvalue weighted by Crippen LogP contribution is 2.22. The van der Waals surface area contributed by atoms with Crippen LogP contribution in [0.15, 0.2) is 18.2 Å². The van der Waals surface area contributed by atoms with Gasteiger partial charge >= 0.3 is 5.97 Å². The number of rotatable bonds is 3. The molecule has 1 aliphatic rings. The Labute approximate surface area is 109 Å². The number of nitrogens with one attached hydrogen (secondary N) is 1. The quantitative estimate of drug-likeness (QED) is 0.874. The maximum Gasteiger partial charge on any atom is 0.332 e. The van der Waals surface area contributed by atoms with Gasteiger partial charge < -0.3 is 15.2 Å². The molecule has 1 aromatic carbocycles. The zero-order valence-electron chi connectivity index (χ0n) is 10.4. The first-order valence-electron chi connectivity index (χ1n) is 5.92. The molecule has 2 N–H and O–H groups in total. The van der Waals surface area contributed by atoms with Crippen molar-refractivity contribution in [1.82, 2.24) is 0 Å². The molecule has 6 heteroatoms. The van der Waals surface area contributed by atoms with E-state index in [1.54, 1.807) is 13.0 Å². The van der Waals surface area contributed by atoms with Gasteiger partial charge in [-0.15, -0.1) is 0 Å². The summed E-state index contributed by atoms with van der Waals surface area (Å²) in [6.45, 7) is 1.74. The van der Waals surface area contributed by atoms with Gasteiger partial charge in [0.2, 0.25) is 0 Å². The minimum Gasteiger partial charge on any atom is -0.479 e. The molecule has 2 rings (SSSR count). The number of benzene rings is 1. The molecule has 2 atom stereocenters. The normalized spacial score (nSPS) is 22.2. The number of aliphatic carboxylic acids is 1. The van der Waals surface area contributed by atoms with Crippen molar-refractivity contribution in [2.24, 2.45) is 0 Å². The zero-order valence-corrected chi connectivity index (χ0v) is 10.4. The zero-order chi connectivity index (χ0) is 14.0. The summed E-state index contributed by atoms with van der Waals surface area (Å²) in [6, 6.07) is 4.45. The van der Waals surface area contributed by atoms with Gasteiger partial charge in [-0.2, -0.15) is 0 Å². The average Bonchev–Trinajstić information content (AvgIpc) is 2.82. The predicted molar refractivity (Wildman–Crippen MR) is 65.3 cm³/mol. The first-order valence-corrected chi connectivity index (χ1v) is 5.92. The van der Waals surface area contributed by atoms with E-state index in [1.807, 2.05) is 0 Å². The van der Waals surface area contributed by atoms with Crippen molar-refractivity contribution in [3.05, 3.63) is 29.6 Å². The van der Waals surface area contributed by atoms with E-state index in [4.69, 9.17) is 9.84 Å². The third-order valence-corrected chi connectivity index (χ3v) is 2.97. The van der Waals surface area contributed by atoms with Gasteiger partial charge in [-0.25, -0.2) is 9.18 Å². The van der Waals surface area contributed by atoms with Crippen LogP contribution >= 0.6 is 0 Å². The second kappa shape index (κ2) is 5.36. The Hall–Kier alpha value is -1.95. The van der Waals surface area contributed by atoms with Gasteiger partial charge in [0.25, 0.3) is 5.91 Å². The van der Waals surface area contributed by atoms with Crippen molar-refractivity contribution in [2.75, 3.05) is 5.32 Å². The molecule has 0 spiro atoms. The van der Waals surface area contributed by atoms with Crippen LogP contribution in [0.2, 0.25) is 0 Å². The van der Waals surface area contributed by atoms with Crippen LogP contribution in [0, 0.1) is 12.7 Å². The highest BCUT2D eigenvalue weighted by molar-refractivity contribution is 5.94. The lowest BCUT2D eigenvalue weighted by molar-refractivity contribution is -0.150. The fraction of sp³-hybridized carbons (Fsp3) is 0.385. The second-order valence-electron chi connectivity index (χ2n) is 4.50. The minimum absolute atomic E-state index is 0.0676. The summed E-state index contributed by atoms with van der Waals surface area (Å²) < 4.78 is 18.6. The number of hydrogen-bond acceptors (Lipinski definition) is 3. The maximum absolute atomic E-state index is 13.6. The molecular weight excluding hydrogens is 253 g/mol. The Morgan fingerprint density at radius 3 is 2.63 bits per heavy atom. The van der Waals surface area contributed by atoms with Crippen molar-refractivity contribution in [1.29, 1.82) is 0 Å².